The Labute approximate surface area is 146 Å². The highest BCUT2D eigenvalue weighted by Gasteiger charge is 2.16. The maximum Gasteiger partial charge on any atom is 0.224 e. The van der Waals surface area contributed by atoms with Crippen LogP contribution in [0.25, 0.3) is 5.70 Å². The molecule has 0 bridgehead atoms. The third-order valence-corrected chi connectivity index (χ3v) is 4.66. The van der Waals surface area contributed by atoms with E-state index in [9.17, 15) is 4.79 Å². The summed E-state index contributed by atoms with van der Waals surface area (Å²) in [6.45, 7) is 3.39. The fraction of sp³-hybridized carbons (Fsp3) is 0.412. The second kappa shape index (κ2) is 8.21. The predicted octanol–water partition coefficient (Wildman–Crippen LogP) is 2.71. The Morgan fingerprint density at radius 3 is 2.83 bits per heavy atom. The molecule has 128 valence electrons. The number of nitrogens with one attached hydrogen (secondary N) is 3. The van der Waals surface area contributed by atoms with Crippen molar-refractivity contribution in [3.63, 3.8) is 0 Å². The van der Waals surface area contributed by atoms with Crippen molar-refractivity contribution in [1.82, 2.24) is 10.9 Å². The first-order valence-corrected chi connectivity index (χ1v) is 9.08. The molecule has 1 aromatic rings. The van der Waals surface area contributed by atoms with Gasteiger partial charge in [-0.3, -0.25) is 20.6 Å². The highest BCUT2D eigenvalue weighted by atomic mass is 32.2. The first kappa shape index (κ1) is 16.9. The molecule has 0 spiro atoms. The van der Waals surface area contributed by atoms with Crippen molar-refractivity contribution >= 4 is 34.2 Å². The summed E-state index contributed by atoms with van der Waals surface area (Å²) in [7, 11) is 0. The largest absolute Gasteiger partial charge is 0.376 e. The fourth-order valence-corrected chi connectivity index (χ4v) is 3.15. The molecular weight excluding hydrogens is 324 g/mol. The van der Waals surface area contributed by atoms with Crippen molar-refractivity contribution in [3.8, 4) is 0 Å². The number of anilines is 1. The first-order valence-electron chi connectivity index (χ1n) is 8.20. The average molecular weight is 346 g/mol. The third kappa shape index (κ3) is 4.52. The van der Waals surface area contributed by atoms with Crippen molar-refractivity contribution in [2.24, 2.45) is 4.99 Å². The smallest absolute Gasteiger partial charge is 0.224 e. The summed E-state index contributed by atoms with van der Waals surface area (Å²) in [5, 5.41) is 5.72. The van der Waals surface area contributed by atoms with Gasteiger partial charge in [-0.05, 0) is 25.0 Å². The maximum absolute atomic E-state index is 11.4. The van der Waals surface area contributed by atoms with Gasteiger partial charge < -0.3 is 10.1 Å². The Morgan fingerprint density at radius 1 is 1.38 bits per heavy atom. The molecule has 7 heteroatoms. The van der Waals surface area contributed by atoms with Gasteiger partial charge in [0.2, 0.25) is 5.91 Å². The number of hydrazine groups is 1. The van der Waals surface area contributed by atoms with Gasteiger partial charge in [-0.15, -0.1) is 0 Å². The van der Waals surface area contributed by atoms with Crippen LogP contribution >= 0.6 is 11.8 Å². The number of rotatable bonds is 5. The van der Waals surface area contributed by atoms with Gasteiger partial charge in [-0.2, -0.15) is 0 Å². The van der Waals surface area contributed by atoms with Crippen LogP contribution in [0.5, 0.6) is 0 Å². The van der Waals surface area contributed by atoms with Crippen LogP contribution in [0.2, 0.25) is 0 Å². The van der Waals surface area contributed by atoms with Crippen molar-refractivity contribution in [2.75, 3.05) is 18.5 Å². The van der Waals surface area contributed by atoms with Crippen LogP contribution in [-0.2, 0) is 9.53 Å². The molecule has 2 aliphatic rings. The molecule has 1 atom stereocenters. The Morgan fingerprint density at radius 2 is 2.21 bits per heavy atom. The average Bonchev–Trinajstić information content (AvgIpc) is 3.14. The van der Waals surface area contributed by atoms with Crippen molar-refractivity contribution < 1.29 is 9.53 Å². The SMILES string of the molecule is CCC(=O)Nc1ccc(C2=CSC(=NC[C@H]3CCCO3)NN2)cc1. The van der Waals surface area contributed by atoms with Crippen LogP contribution < -0.4 is 16.2 Å². The zero-order valence-electron chi connectivity index (χ0n) is 13.7. The van der Waals surface area contributed by atoms with Gasteiger partial charge in [-0.25, -0.2) is 0 Å². The molecule has 1 amide bonds. The summed E-state index contributed by atoms with van der Waals surface area (Å²) in [5.41, 5.74) is 9.11. The molecule has 3 N–H and O–H groups in total. The summed E-state index contributed by atoms with van der Waals surface area (Å²) < 4.78 is 5.57. The fourth-order valence-electron chi connectivity index (χ4n) is 2.47. The Balaban J connectivity index is 1.56. The summed E-state index contributed by atoms with van der Waals surface area (Å²) in [4.78, 5) is 15.9. The van der Waals surface area contributed by atoms with Gasteiger partial charge in [0.15, 0.2) is 5.17 Å². The zero-order chi connectivity index (χ0) is 16.8. The molecule has 2 heterocycles. The molecule has 2 aliphatic heterocycles. The minimum Gasteiger partial charge on any atom is -0.376 e. The van der Waals surface area contributed by atoms with Gasteiger partial charge in [0.1, 0.15) is 0 Å². The molecule has 0 aromatic heterocycles. The van der Waals surface area contributed by atoms with Gasteiger partial charge in [0.05, 0.1) is 18.3 Å². The van der Waals surface area contributed by atoms with E-state index in [2.05, 4.69) is 21.2 Å². The van der Waals surface area contributed by atoms with E-state index in [1.165, 1.54) is 0 Å². The summed E-state index contributed by atoms with van der Waals surface area (Å²) in [5.74, 6) is 0.0158. The number of amidine groups is 1. The third-order valence-electron chi connectivity index (χ3n) is 3.86. The lowest BCUT2D eigenvalue weighted by Crippen LogP contribution is -2.37. The molecule has 0 radical (unpaired) electrons. The van der Waals surface area contributed by atoms with Crippen molar-refractivity contribution in [3.05, 3.63) is 35.2 Å². The van der Waals surface area contributed by atoms with Gasteiger partial charge in [0.25, 0.3) is 0 Å². The number of carbonyl (C=O) groups excluding carboxylic acids is 1. The second-order valence-electron chi connectivity index (χ2n) is 5.66. The Hall–Kier alpha value is -1.99. The second-order valence-corrected chi connectivity index (χ2v) is 6.52. The zero-order valence-corrected chi connectivity index (χ0v) is 14.5. The van der Waals surface area contributed by atoms with Crippen LogP contribution in [0.15, 0.2) is 34.7 Å². The van der Waals surface area contributed by atoms with E-state index in [4.69, 9.17) is 4.74 Å². The molecule has 0 saturated carbocycles. The quantitative estimate of drug-likeness (QED) is 0.764. The van der Waals surface area contributed by atoms with Crippen molar-refractivity contribution in [1.29, 1.82) is 0 Å². The topological polar surface area (TPSA) is 74.8 Å². The maximum atomic E-state index is 11.4. The number of aliphatic imine (C=N–C) groups is 1. The van der Waals surface area contributed by atoms with Crippen LogP contribution in [0, 0.1) is 0 Å². The number of benzene rings is 1. The molecule has 1 aromatic carbocycles. The Bertz CT molecular complexity index is 636. The number of nitrogens with zero attached hydrogens (tertiary/aromatic N) is 1. The van der Waals surface area contributed by atoms with Crippen molar-refractivity contribution in [2.45, 2.75) is 32.3 Å². The van der Waals surface area contributed by atoms with Crippen LogP contribution in [-0.4, -0.2) is 30.3 Å². The van der Waals surface area contributed by atoms with Gasteiger partial charge in [0, 0.05) is 29.7 Å². The lowest BCUT2D eigenvalue weighted by Gasteiger charge is -2.19. The Kier molecular flexibility index (Phi) is 5.77. The van der Waals surface area contributed by atoms with E-state index in [1.807, 2.05) is 36.6 Å². The number of amides is 1. The minimum atomic E-state index is 0.0158. The van der Waals surface area contributed by atoms with Crippen LogP contribution in [0.1, 0.15) is 31.7 Å². The predicted molar refractivity (Wildman–Crippen MR) is 98.5 cm³/mol. The lowest BCUT2D eigenvalue weighted by molar-refractivity contribution is -0.115. The number of carbonyl (C=O) groups is 1. The molecule has 6 nitrogen and oxygen atoms in total. The highest BCUT2D eigenvalue weighted by Crippen LogP contribution is 2.22. The number of hydrogen-bond donors (Lipinski definition) is 3. The summed E-state index contributed by atoms with van der Waals surface area (Å²) in [6.07, 6.45) is 2.96. The molecular formula is C17H22N4O2S. The monoisotopic (exact) mass is 346 g/mol. The molecule has 0 aliphatic carbocycles. The van der Waals surface area contributed by atoms with E-state index >= 15 is 0 Å². The standard InChI is InChI=1S/C17H22N4O2S/c1-2-16(22)19-13-7-5-12(6-8-13)15-11-24-17(21-20-15)18-10-14-4-3-9-23-14/h5-8,11,14,20H,2-4,9-10H2,1H3,(H,18,21)(H,19,22)/t14-/m1/s1. The van der Waals surface area contributed by atoms with E-state index in [1.54, 1.807) is 11.8 Å². The first-order chi connectivity index (χ1) is 11.7. The molecule has 3 rings (SSSR count). The van der Waals surface area contributed by atoms with E-state index in [0.717, 1.165) is 41.6 Å². The molecule has 0 unspecified atom stereocenters. The number of thioether (sulfide) groups is 1. The highest BCUT2D eigenvalue weighted by molar-refractivity contribution is 8.16. The van der Waals surface area contributed by atoms with Crippen LogP contribution in [0.4, 0.5) is 5.69 Å². The van der Waals surface area contributed by atoms with Crippen LogP contribution in [0.3, 0.4) is 0 Å². The van der Waals surface area contributed by atoms with Gasteiger partial charge in [-0.1, -0.05) is 30.8 Å². The van der Waals surface area contributed by atoms with E-state index in [-0.39, 0.29) is 12.0 Å². The molecule has 1 fully saturated rings. The normalized spacial score (nSPS) is 21.8. The molecule has 1 saturated heterocycles. The summed E-state index contributed by atoms with van der Waals surface area (Å²) >= 11 is 1.56. The number of hydrogen-bond acceptors (Lipinski definition) is 5. The number of ether oxygens (including phenoxy) is 1. The molecule has 24 heavy (non-hydrogen) atoms. The van der Waals surface area contributed by atoms with E-state index < -0.39 is 0 Å². The van der Waals surface area contributed by atoms with Gasteiger partial charge >= 0.3 is 0 Å². The van der Waals surface area contributed by atoms with E-state index in [0.29, 0.717) is 13.0 Å². The minimum absolute atomic E-state index is 0.0158. The summed E-state index contributed by atoms with van der Waals surface area (Å²) in [6, 6.07) is 7.75. The lowest BCUT2D eigenvalue weighted by atomic mass is 10.1.